The van der Waals surface area contributed by atoms with Gasteiger partial charge in [-0.05, 0) is 38.2 Å². The fourth-order valence-corrected chi connectivity index (χ4v) is 3.53. The lowest BCUT2D eigenvalue weighted by Gasteiger charge is -2.19. The van der Waals surface area contributed by atoms with Gasteiger partial charge in [-0.2, -0.15) is 18.2 Å². The number of benzene rings is 1. The molecule has 1 N–H and O–H groups in total. The van der Waals surface area contributed by atoms with E-state index < -0.39 is 12.0 Å². The molecule has 1 aromatic carbocycles. The highest BCUT2D eigenvalue weighted by atomic mass is 19.4. The summed E-state index contributed by atoms with van der Waals surface area (Å²) in [5.74, 6) is -1.16. The Balaban J connectivity index is 1.59. The second-order valence-corrected chi connectivity index (χ2v) is 7.38. The van der Waals surface area contributed by atoms with Gasteiger partial charge in [0.15, 0.2) is 0 Å². The van der Waals surface area contributed by atoms with Gasteiger partial charge in [0, 0.05) is 17.0 Å². The van der Waals surface area contributed by atoms with Gasteiger partial charge in [-0.3, -0.25) is 4.79 Å². The lowest BCUT2D eigenvalue weighted by atomic mass is 10.0. The fraction of sp³-hybridized carbons (Fsp3) is 0.400. The van der Waals surface area contributed by atoms with E-state index in [2.05, 4.69) is 20.4 Å². The second kappa shape index (κ2) is 7.13. The lowest BCUT2D eigenvalue weighted by molar-refractivity contribution is -0.144. The molecule has 2 aromatic heterocycles. The predicted octanol–water partition coefficient (Wildman–Crippen LogP) is 3.57. The first kappa shape index (κ1) is 19.4. The van der Waals surface area contributed by atoms with Crippen LogP contribution in [0.5, 0.6) is 0 Å². The number of rotatable bonds is 5. The zero-order valence-electron chi connectivity index (χ0n) is 16.0. The third-order valence-corrected chi connectivity index (χ3v) is 5.21. The van der Waals surface area contributed by atoms with Gasteiger partial charge in [0.1, 0.15) is 0 Å². The number of fused-ring (bicyclic) bond motifs is 1. The van der Waals surface area contributed by atoms with Crippen LogP contribution in [0.2, 0.25) is 0 Å². The molecule has 29 heavy (non-hydrogen) atoms. The van der Waals surface area contributed by atoms with Crippen LogP contribution < -0.4 is 5.32 Å². The molecule has 0 spiro atoms. The summed E-state index contributed by atoms with van der Waals surface area (Å²) in [7, 11) is 0. The minimum atomic E-state index is -4.65. The van der Waals surface area contributed by atoms with E-state index in [1.807, 2.05) is 30.3 Å². The van der Waals surface area contributed by atoms with Crippen molar-refractivity contribution in [3.63, 3.8) is 0 Å². The number of hydrogen-bond donors (Lipinski definition) is 1. The molecule has 1 aliphatic rings. The molecule has 4 rings (SSSR count). The Labute approximate surface area is 165 Å². The Hall–Kier alpha value is -2.97. The Morgan fingerprint density at radius 3 is 2.52 bits per heavy atom. The Kier molecular flexibility index (Phi) is 4.76. The average molecular weight is 403 g/mol. The number of carbonyl (C=O) groups excluding carboxylic acids is 1. The van der Waals surface area contributed by atoms with Crippen LogP contribution in [0.4, 0.5) is 13.2 Å². The maximum absolute atomic E-state index is 12.9. The summed E-state index contributed by atoms with van der Waals surface area (Å²) >= 11 is 0. The highest BCUT2D eigenvalue weighted by Crippen LogP contribution is 2.41. The smallest absolute Gasteiger partial charge is 0.349 e. The van der Waals surface area contributed by atoms with Crippen molar-refractivity contribution >= 4 is 11.7 Å². The third kappa shape index (κ3) is 3.94. The standard InChI is InChI=1S/C20H20F3N5O/c1-11-15(12(2)28-19(24-11)26-18(27-28)20(21,22)23)10-16(29)25-17(14-8-9-14)13-6-4-3-5-7-13/h3-7,14,17H,8-10H2,1-2H3,(H,25,29). The van der Waals surface area contributed by atoms with E-state index in [0.717, 1.165) is 22.9 Å². The van der Waals surface area contributed by atoms with E-state index >= 15 is 0 Å². The summed E-state index contributed by atoms with van der Waals surface area (Å²) in [6, 6.07) is 9.71. The van der Waals surface area contributed by atoms with Gasteiger partial charge in [-0.1, -0.05) is 30.3 Å². The van der Waals surface area contributed by atoms with Crippen LogP contribution >= 0.6 is 0 Å². The molecule has 0 radical (unpaired) electrons. The maximum Gasteiger partial charge on any atom is 0.453 e. The van der Waals surface area contributed by atoms with Crippen LogP contribution in [0.15, 0.2) is 30.3 Å². The summed E-state index contributed by atoms with van der Waals surface area (Å²) in [4.78, 5) is 20.3. The summed E-state index contributed by atoms with van der Waals surface area (Å²) in [6.45, 7) is 3.28. The van der Waals surface area contributed by atoms with Gasteiger partial charge >= 0.3 is 6.18 Å². The van der Waals surface area contributed by atoms with E-state index in [-0.39, 0.29) is 24.1 Å². The maximum atomic E-state index is 12.9. The van der Waals surface area contributed by atoms with Crippen LogP contribution in [-0.4, -0.2) is 25.5 Å². The number of alkyl halides is 3. The summed E-state index contributed by atoms with van der Waals surface area (Å²) in [5.41, 5.74) is 2.50. The molecular weight excluding hydrogens is 383 g/mol. The van der Waals surface area contributed by atoms with Gasteiger partial charge in [0.25, 0.3) is 11.6 Å². The number of hydrogen-bond acceptors (Lipinski definition) is 4. The van der Waals surface area contributed by atoms with Crippen molar-refractivity contribution < 1.29 is 18.0 Å². The van der Waals surface area contributed by atoms with Crippen molar-refractivity contribution in [1.82, 2.24) is 24.9 Å². The van der Waals surface area contributed by atoms with E-state index in [4.69, 9.17) is 0 Å². The molecule has 0 bridgehead atoms. The first-order valence-corrected chi connectivity index (χ1v) is 9.38. The largest absolute Gasteiger partial charge is 0.453 e. The molecule has 1 aliphatic carbocycles. The van der Waals surface area contributed by atoms with Crippen molar-refractivity contribution in [1.29, 1.82) is 0 Å². The number of aromatic nitrogens is 4. The van der Waals surface area contributed by atoms with Gasteiger partial charge < -0.3 is 5.32 Å². The van der Waals surface area contributed by atoms with Crippen molar-refractivity contribution in [3.05, 3.63) is 58.7 Å². The van der Waals surface area contributed by atoms with Crippen molar-refractivity contribution in [2.24, 2.45) is 5.92 Å². The van der Waals surface area contributed by atoms with Gasteiger partial charge in [-0.25, -0.2) is 9.50 Å². The highest BCUT2D eigenvalue weighted by Gasteiger charge is 2.37. The van der Waals surface area contributed by atoms with Crippen LogP contribution in [0, 0.1) is 19.8 Å². The van der Waals surface area contributed by atoms with Gasteiger partial charge in [-0.15, -0.1) is 5.10 Å². The van der Waals surface area contributed by atoms with Crippen LogP contribution in [0.3, 0.4) is 0 Å². The monoisotopic (exact) mass is 403 g/mol. The molecule has 152 valence electrons. The lowest BCUT2D eigenvalue weighted by Crippen LogP contribution is -2.31. The summed E-state index contributed by atoms with van der Waals surface area (Å²) in [6.07, 6.45) is -2.52. The topological polar surface area (TPSA) is 72.2 Å². The van der Waals surface area contributed by atoms with Crippen LogP contribution in [0.25, 0.3) is 5.78 Å². The summed E-state index contributed by atoms with van der Waals surface area (Å²) < 4.78 is 39.8. The molecule has 1 saturated carbocycles. The van der Waals surface area contributed by atoms with E-state index in [0.29, 0.717) is 22.9 Å². The Bertz CT molecular complexity index is 1060. The van der Waals surface area contributed by atoms with Crippen LogP contribution in [-0.2, 0) is 17.4 Å². The first-order valence-electron chi connectivity index (χ1n) is 9.38. The van der Waals surface area contributed by atoms with Crippen molar-refractivity contribution in [2.45, 2.75) is 45.3 Å². The number of aryl methyl sites for hydroxylation is 2. The predicted molar refractivity (Wildman–Crippen MR) is 99.0 cm³/mol. The third-order valence-electron chi connectivity index (χ3n) is 5.21. The molecule has 1 fully saturated rings. The molecule has 9 heteroatoms. The van der Waals surface area contributed by atoms with E-state index in [1.165, 1.54) is 0 Å². The molecule has 1 amide bonds. The number of carbonyl (C=O) groups is 1. The number of nitrogens with zero attached hydrogens (tertiary/aromatic N) is 4. The fourth-order valence-electron chi connectivity index (χ4n) is 3.53. The molecule has 0 saturated heterocycles. The van der Waals surface area contributed by atoms with Crippen molar-refractivity contribution in [3.8, 4) is 0 Å². The molecule has 2 heterocycles. The zero-order chi connectivity index (χ0) is 20.8. The molecular formula is C20H20F3N5O. The van der Waals surface area contributed by atoms with Crippen molar-refractivity contribution in [2.75, 3.05) is 0 Å². The average Bonchev–Trinajstić information content (AvgIpc) is 3.41. The van der Waals surface area contributed by atoms with E-state index in [9.17, 15) is 18.0 Å². The molecule has 3 aromatic rings. The van der Waals surface area contributed by atoms with E-state index in [1.54, 1.807) is 13.8 Å². The second-order valence-electron chi connectivity index (χ2n) is 7.38. The normalized spacial score (nSPS) is 15.5. The highest BCUT2D eigenvalue weighted by molar-refractivity contribution is 5.79. The minimum absolute atomic E-state index is 0.0118. The molecule has 1 unspecified atom stereocenters. The minimum Gasteiger partial charge on any atom is -0.349 e. The molecule has 0 aliphatic heterocycles. The van der Waals surface area contributed by atoms with Gasteiger partial charge in [0.2, 0.25) is 5.91 Å². The first-order chi connectivity index (χ1) is 13.7. The molecule has 6 nitrogen and oxygen atoms in total. The quantitative estimate of drug-likeness (QED) is 0.707. The Morgan fingerprint density at radius 1 is 1.21 bits per heavy atom. The van der Waals surface area contributed by atoms with Crippen LogP contribution in [0.1, 0.15) is 47.2 Å². The number of nitrogens with one attached hydrogen (secondary N) is 1. The van der Waals surface area contributed by atoms with Gasteiger partial charge in [0.05, 0.1) is 12.5 Å². The summed E-state index contributed by atoms with van der Waals surface area (Å²) in [5, 5.41) is 6.61. The zero-order valence-corrected chi connectivity index (χ0v) is 16.0. The molecule has 1 atom stereocenters. The number of halogens is 3. The Morgan fingerprint density at radius 2 is 1.90 bits per heavy atom. The number of amides is 1. The SMILES string of the molecule is Cc1nc2nc(C(F)(F)F)nn2c(C)c1CC(=O)NC(c1ccccc1)C1CC1.